The van der Waals surface area contributed by atoms with E-state index in [4.69, 9.17) is 15.4 Å². The van der Waals surface area contributed by atoms with Crippen LogP contribution in [0.5, 0.6) is 11.5 Å². The number of nitrogens with two attached hydrogens (primary N) is 1. The van der Waals surface area contributed by atoms with Crippen LogP contribution in [-0.2, 0) is 11.4 Å². The molecule has 0 saturated heterocycles. The minimum Gasteiger partial charge on any atom is -0.493 e. The molecule has 4 nitrogen and oxygen atoms in total. The summed E-state index contributed by atoms with van der Waals surface area (Å²) in [7, 11) is 1.61. The normalized spacial score (nSPS) is 9.93. The van der Waals surface area contributed by atoms with Crippen LogP contribution in [0.1, 0.15) is 12.5 Å². The van der Waals surface area contributed by atoms with Crippen LogP contribution >= 0.6 is 0 Å². The molecule has 78 valence electrons. The average molecular weight is 197 g/mol. The Morgan fingerprint density at radius 2 is 2.07 bits per heavy atom. The molecule has 0 unspecified atom stereocenters. The Hall–Kier alpha value is -1.26. The summed E-state index contributed by atoms with van der Waals surface area (Å²) in [4.78, 5) is 4.54. The van der Waals surface area contributed by atoms with Crippen molar-refractivity contribution in [3.8, 4) is 11.5 Å². The third-order valence-corrected chi connectivity index (χ3v) is 1.78. The lowest BCUT2D eigenvalue weighted by Gasteiger charge is -2.10. The van der Waals surface area contributed by atoms with Gasteiger partial charge in [0, 0.05) is 0 Å². The number of hydrogen-bond donors (Lipinski definition) is 1. The van der Waals surface area contributed by atoms with Gasteiger partial charge in [0.1, 0.15) is 0 Å². The molecule has 0 aromatic heterocycles. The molecule has 1 aromatic carbocycles. The van der Waals surface area contributed by atoms with Crippen molar-refractivity contribution >= 4 is 0 Å². The van der Waals surface area contributed by atoms with Gasteiger partial charge in [-0.25, -0.2) is 5.90 Å². The zero-order valence-electron chi connectivity index (χ0n) is 8.45. The first kappa shape index (κ1) is 10.8. The summed E-state index contributed by atoms with van der Waals surface area (Å²) in [5.74, 6) is 6.41. The second-order valence-electron chi connectivity index (χ2n) is 2.73. The summed E-state index contributed by atoms with van der Waals surface area (Å²) in [5, 5.41) is 0. The number of ether oxygens (including phenoxy) is 2. The van der Waals surface area contributed by atoms with Crippen molar-refractivity contribution in [3.05, 3.63) is 23.8 Å². The molecule has 0 heterocycles. The molecule has 0 bridgehead atoms. The first-order chi connectivity index (χ1) is 6.81. The molecule has 0 aliphatic carbocycles. The molecular weight excluding hydrogens is 182 g/mol. The topological polar surface area (TPSA) is 53.7 Å². The Morgan fingerprint density at radius 1 is 1.29 bits per heavy atom. The van der Waals surface area contributed by atoms with Gasteiger partial charge in [0.25, 0.3) is 0 Å². The smallest absolute Gasteiger partial charge is 0.161 e. The number of hydrogen-bond acceptors (Lipinski definition) is 4. The molecule has 0 radical (unpaired) electrons. The largest absolute Gasteiger partial charge is 0.493 e. The van der Waals surface area contributed by atoms with Crippen molar-refractivity contribution in [2.75, 3.05) is 13.7 Å². The molecule has 1 aromatic rings. The summed E-state index contributed by atoms with van der Waals surface area (Å²) in [5.41, 5.74) is 0.955. The van der Waals surface area contributed by atoms with E-state index in [9.17, 15) is 0 Å². The molecule has 4 heteroatoms. The van der Waals surface area contributed by atoms with Crippen molar-refractivity contribution < 1.29 is 14.3 Å². The van der Waals surface area contributed by atoms with E-state index in [0.29, 0.717) is 24.7 Å². The predicted molar refractivity (Wildman–Crippen MR) is 53.1 cm³/mol. The average Bonchev–Trinajstić information content (AvgIpc) is 2.19. The van der Waals surface area contributed by atoms with Gasteiger partial charge in [-0.3, -0.25) is 4.84 Å². The molecule has 1 rings (SSSR count). The lowest BCUT2D eigenvalue weighted by Crippen LogP contribution is -2.01. The molecule has 14 heavy (non-hydrogen) atoms. The third kappa shape index (κ3) is 2.61. The van der Waals surface area contributed by atoms with Gasteiger partial charge < -0.3 is 9.47 Å². The first-order valence-electron chi connectivity index (χ1n) is 4.43. The standard InChI is InChI=1S/C10H15NO3/c1-3-13-10-6-8(7-14-11)4-5-9(10)12-2/h4-6H,3,7,11H2,1-2H3. The molecule has 0 amide bonds. The first-order valence-corrected chi connectivity index (χ1v) is 4.43. The third-order valence-electron chi connectivity index (χ3n) is 1.78. The maximum atomic E-state index is 5.39. The van der Waals surface area contributed by atoms with Gasteiger partial charge in [-0.15, -0.1) is 0 Å². The van der Waals surface area contributed by atoms with Gasteiger partial charge in [0.15, 0.2) is 11.5 Å². The van der Waals surface area contributed by atoms with Crippen LogP contribution < -0.4 is 15.4 Å². The summed E-state index contributed by atoms with van der Waals surface area (Å²) >= 11 is 0. The van der Waals surface area contributed by atoms with Gasteiger partial charge >= 0.3 is 0 Å². The van der Waals surface area contributed by atoms with E-state index in [-0.39, 0.29) is 0 Å². The van der Waals surface area contributed by atoms with Gasteiger partial charge in [-0.2, -0.15) is 0 Å². The fourth-order valence-corrected chi connectivity index (χ4v) is 1.18. The zero-order valence-corrected chi connectivity index (χ0v) is 8.45. The lowest BCUT2D eigenvalue weighted by molar-refractivity contribution is 0.124. The Bertz CT molecular complexity index is 289. The maximum Gasteiger partial charge on any atom is 0.161 e. The fraction of sp³-hybridized carbons (Fsp3) is 0.400. The Labute approximate surface area is 83.5 Å². The summed E-state index contributed by atoms with van der Waals surface area (Å²) < 4.78 is 10.5. The van der Waals surface area contributed by atoms with E-state index < -0.39 is 0 Å². The molecule has 2 N–H and O–H groups in total. The highest BCUT2D eigenvalue weighted by Gasteiger charge is 2.04. The van der Waals surface area contributed by atoms with Crippen LogP contribution in [0.4, 0.5) is 0 Å². The minimum atomic E-state index is 0.365. The molecule has 0 fully saturated rings. The van der Waals surface area contributed by atoms with E-state index in [1.807, 2.05) is 25.1 Å². The highest BCUT2D eigenvalue weighted by Crippen LogP contribution is 2.28. The predicted octanol–water partition coefficient (Wildman–Crippen LogP) is 1.48. The monoisotopic (exact) mass is 197 g/mol. The molecule has 0 spiro atoms. The summed E-state index contributed by atoms with van der Waals surface area (Å²) in [6.45, 7) is 2.89. The van der Waals surface area contributed by atoms with Crippen molar-refractivity contribution in [1.29, 1.82) is 0 Å². The Kier molecular flexibility index (Phi) is 4.22. The van der Waals surface area contributed by atoms with Crippen molar-refractivity contribution in [3.63, 3.8) is 0 Å². The number of benzene rings is 1. The van der Waals surface area contributed by atoms with Crippen molar-refractivity contribution in [1.82, 2.24) is 0 Å². The summed E-state index contributed by atoms with van der Waals surface area (Å²) in [6, 6.07) is 5.57. The van der Waals surface area contributed by atoms with Gasteiger partial charge in [0.2, 0.25) is 0 Å². The Balaban J connectivity index is 2.88. The second kappa shape index (κ2) is 5.47. The molecule has 0 aliphatic heterocycles. The van der Waals surface area contributed by atoms with Crippen LogP contribution in [-0.4, -0.2) is 13.7 Å². The van der Waals surface area contributed by atoms with E-state index in [0.717, 1.165) is 5.56 Å². The highest BCUT2D eigenvalue weighted by molar-refractivity contribution is 5.42. The Morgan fingerprint density at radius 3 is 2.64 bits per heavy atom. The van der Waals surface area contributed by atoms with Crippen LogP contribution in [0.2, 0.25) is 0 Å². The van der Waals surface area contributed by atoms with E-state index in [1.165, 1.54) is 0 Å². The van der Waals surface area contributed by atoms with Gasteiger partial charge in [0.05, 0.1) is 20.3 Å². The van der Waals surface area contributed by atoms with Crippen LogP contribution in [0.3, 0.4) is 0 Å². The van der Waals surface area contributed by atoms with E-state index >= 15 is 0 Å². The number of rotatable bonds is 5. The van der Waals surface area contributed by atoms with Gasteiger partial charge in [-0.05, 0) is 24.6 Å². The van der Waals surface area contributed by atoms with Crippen molar-refractivity contribution in [2.24, 2.45) is 5.90 Å². The molecule has 0 saturated carbocycles. The zero-order chi connectivity index (χ0) is 10.4. The van der Waals surface area contributed by atoms with Crippen LogP contribution in [0.25, 0.3) is 0 Å². The van der Waals surface area contributed by atoms with E-state index in [2.05, 4.69) is 4.84 Å². The minimum absolute atomic E-state index is 0.365. The van der Waals surface area contributed by atoms with Crippen molar-refractivity contribution in [2.45, 2.75) is 13.5 Å². The lowest BCUT2D eigenvalue weighted by atomic mass is 10.2. The van der Waals surface area contributed by atoms with E-state index in [1.54, 1.807) is 7.11 Å². The highest BCUT2D eigenvalue weighted by atomic mass is 16.6. The summed E-state index contributed by atoms with van der Waals surface area (Å²) in [6.07, 6.45) is 0. The van der Waals surface area contributed by atoms with Crippen LogP contribution in [0.15, 0.2) is 18.2 Å². The maximum absolute atomic E-state index is 5.39. The SMILES string of the molecule is CCOc1cc(CON)ccc1OC. The molecule has 0 atom stereocenters. The van der Waals surface area contributed by atoms with Gasteiger partial charge in [-0.1, -0.05) is 6.07 Å². The quantitative estimate of drug-likeness (QED) is 0.726. The second-order valence-corrected chi connectivity index (χ2v) is 2.73. The molecular formula is C10H15NO3. The fourth-order valence-electron chi connectivity index (χ4n) is 1.18. The molecule has 0 aliphatic rings. The van der Waals surface area contributed by atoms with Crippen LogP contribution in [0, 0.1) is 0 Å². The number of methoxy groups -OCH3 is 1.